The van der Waals surface area contributed by atoms with Gasteiger partial charge in [-0.3, -0.25) is 14.8 Å². The van der Waals surface area contributed by atoms with Gasteiger partial charge in [0, 0.05) is 56.7 Å². The third-order valence-electron chi connectivity index (χ3n) is 5.25. The predicted molar refractivity (Wildman–Crippen MR) is 109 cm³/mol. The first-order valence-electron chi connectivity index (χ1n) is 10.2. The molecule has 1 aromatic carbocycles. The van der Waals surface area contributed by atoms with Gasteiger partial charge in [0.2, 0.25) is 0 Å². The van der Waals surface area contributed by atoms with Crippen LogP contribution >= 0.6 is 0 Å². The number of aliphatic hydroxyl groups is 1. The standard InChI is InChI=1S/C20H29N5O5/c1-15-12-18(13-20(26)30-15)23(2)10-8-16-14-24(22-21-16)9-3-11-29-19-6-4-17(5-7-19)25(27)28/h4-7,14-15,18,20,26H,3,8-13H2,1-2H3/t15-,18+,20-/m1/s1. The predicted octanol–water partition coefficient (Wildman–Crippen LogP) is 2.02. The van der Waals surface area contributed by atoms with E-state index < -0.39 is 11.2 Å². The molecule has 30 heavy (non-hydrogen) atoms. The van der Waals surface area contributed by atoms with E-state index in [1.807, 2.05) is 13.1 Å². The first-order chi connectivity index (χ1) is 14.4. The van der Waals surface area contributed by atoms with Crippen molar-refractivity contribution in [3.8, 4) is 5.75 Å². The second kappa shape index (κ2) is 10.5. The molecule has 2 aromatic rings. The van der Waals surface area contributed by atoms with E-state index in [9.17, 15) is 15.2 Å². The molecule has 0 aliphatic carbocycles. The monoisotopic (exact) mass is 419 g/mol. The molecule has 164 valence electrons. The molecule has 0 amide bonds. The Bertz CT molecular complexity index is 802. The third-order valence-corrected chi connectivity index (χ3v) is 5.25. The zero-order valence-corrected chi connectivity index (χ0v) is 17.4. The lowest BCUT2D eigenvalue weighted by Gasteiger charge is -2.36. The zero-order chi connectivity index (χ0) is 21.5. The molecule has 1 aliphatic heterocycles. The number of aromatic nitrogens is 3. The molecule has 1 fully saturated rings. The fraction of sp³-hybridized carbons (Fsp3) is 0.600. The Morgan fingerprint density at radius 1 is 1.37 bits per heavy atom. The zero-order valence-electron chi connectivity index (χ0n) is 17.4. The van der Waals surface area contributed by atoms with Crippen LogP contribution in [0.15, 0.2) is 30.5 Å². The van der Waals surface area contributed by atoms with Crippen LogP contribution in [0.3, 0.4) is 0 Å². The van der Waals surface area contributed by atoms with Crippen molar-refractivity contribution < 1.29 is 19.5 Å². The van der Waals surface area contributed by atoms with E-state index in [-0.39, 0.29) is 11.8 Å². The molecule has 0 saturated carbocycles. The topological polar surface area (TPSA) is 116 Å². The first kappa shape index (κ1) is 22.1. The summed E-state index contributed by atoms with van der Waals surface area (Å²) in [4.78, 5) is 12.5. The van der Waals surface area contributed by atoms with Crippen LogP contribution in [0.4, 0.5) is 5.69 Å². The van der Waals surface area contributed by atoms with Crippen LogP contribution in [0, 0.1) is 10.1 Å². The number of ether oxygens (including phenoxy) is 2. The second-order valence-corrected chi connectivity index (χ2v) is 7.68. The molecular formula is C20H29N5O5. The molecular weight excluding hydrogens is 390 g/mol. The number of hydrogen-bond acceptors (Lipinski definition) is 8. The molecule has 2 heterocycles. The highest BCUT2D eigenvalue weighted by molar-refractivity contribution is 5.35. The summed E-state index contributed by atoms with van der Waals surface area (Å²) < 4.78 is 12.8. The number of benzene rings is 1. The van der Waals surface area contributed by atoms with Gasteiger partial charge in [-0.15, -0.1) is 5.10 Å². The van der Waals surface area contributed by atoms with E-state index in [1.165, 1.54) is 12.1 Å². The van der Waals surface area contributed by atoms with Gasteiger partial charge >= 0.3 is 0 Å². The molecule has 1 saturated heterocycles. The number of non-ortho nitro benzene ring substituents is 1. The Balaban J connectivity index is 1.36. The van der Waals surface area contributed by atoms with Crippen LogP contribution in [-0.4, -0.2) is 68.6 Å². The SMILES string of the molecule is C[C@@H]1C[C@H](N(C)CCc2cn(CCCOc3ccc([N+](=O)[O-])cc3)nn2)C[C@H](O)O1. The molecule has 1 aliphatic rings. The molecule has 1 N–H and O–H groups in total. The van der Waals surface area contributed by atoms with E-state index in [1.54, 1.807) is 16.8 Å². The normalized spacial score (nSPS) is 21.7. The van der Waals surface area contributed by atoms with Crippen LogP contribution in [0.5, 0.6) is 5.75 Å². The molecule has 10 nitrogen and oxygen atoms in total. The summed E-state index contributed by atoms with van der Waals surface area (Å²) in [6.07, 6.45) is 4.40. The number of nitro groups is 1. The molecule has 0 spiro atoms. The number of nitro benzene ring substituents is 1. The summed E-state index contributed by atoms with van der Waals surface area (Å²) in [6.45, 7) is 3.99. The fourth-order valence-corrected chi connectivity index (χ4v) is 3.57. The van der Waals surface area contributed by atoms with Gasteiger partial charge in [0.25, 0.3) is 5.69 Å². The van der Waals surface area contributed by atoms with Crippen molar-refractivity contribution in [1.82, 2.24) is 19.9 Å². The van der Waals surface area contributed by atoms with Gasteiger partial charge in [-0.2, -0.15) is 0 Å². The molecule has 1 aromatic heterocycles. The van der Waals surface area contributed by atoms with Crippen molar-refractivity contribution in [2.45, 2.75) is 57.6 Å². The Morgan fingerprint density at radius 3 is 2.83 bits per heavy atom. The fourth-order valence-electron chi connectivity index (χ4n) is 3.57. The summed E-state index contributed by atoms with van der Waals surface area (Å²) in [5, 5.41) is 28.8. The highest BCUT2D eigenvalue weighted by Gasteiger charge is 2.28. The van der Waals surface area contributed by atoms with E-state index in [4.69, 9.17) is 9.47 Å². The second-order valence-electron chi connectivity index (χ2n) is 7.68. The van der Waals surface area contributed by atoms with Gasteiger partial charge in [-0.05, 0) is 32.5 Å². The molecule has 0 bridgehead atoms. The lowest BCUT2D eigenvalue weighted by molar-refractivity contribution is -0.384. The first-order valence-corrected chi connectivity index (χ1v) is 10.2. The van der Waals surface area contributed by atoms with Crippen molar-refractivity contribution in [2.24, 2.45) is 0 Å². The average molecular weight is 419 g/mol. The van der Waals surface area contributed by atoms with Gasteiger partial charge in [-0.1, -0.05) is 5.21 Å². The van der Waals surface area contributed by atoms with Gasteiger partial charge in [-0.25, -0.2) is 0 Å². The minimum absolute atomic E-state index is 0.0469. The minimum atomic E-state index is -0.685. The molecule has 3 rings (SSSR count). The van der Waals surface area contributed by atoms with Crippen LogP contribution in [0.2, 0.25) is 0 Å². The van der Waals surface area contributed by atoms with Gasteiger partial charge in [0.15, 0.2) is 6.29 Å². The Hall–Kier alpha value is -2.56. The van der Waals surface area contributed by atoms with Crippen molar-refractivity contribution >= 4 is 5.69 Å². The highest BCUT2D eigenvalue weighted by Crippen LogP contribution is 2.22. The van der Waals surface area contributed by atoms with Crippen molar-refractivity contribution in [3.63, 3.8) is 0 Å². The summed E-state index contributed by atoms with van der Waals surface area (Å²) in [5.74, 6) is 0.607. The Kier molecular flexibility index (Phi) is 7.72. The highest BCUT2D eigenvalue weighted by atomic mass is 16.6. The van der Waals surface area contributed by atoms with E-state index >= 15 is 0 Å². The van der Waals surface area contributed by atoms with Gasteiger partial charge in [0.1, 0.15) is 5.75 Å². The molecule has 10 heteroatoms. The molecule has 3 atom stereocenters. The lowest BCUT2D eigenvalue weighted by Crippen LogP contribution is -2.43. The van der Waals surface area contributed by atoms with E-state index in [0.717, 1.165) is 31.5 Å². The minimum Gasteiger partial charge on any atom is -0.494 e. The lowest BCUT2D eigenvalue weighted by atomic mass is 10.0. The Labute approximate surface area is 175 Å². The van der Waals surface area contributed by atoms with E-state index in [2.05, 4.69) is 22.3 Å². The summed E-state index contributed by atoms with van der Waals surface area (Å²) >= 11 is 0. The van der Waals surface area contributed by atoms with Crippen molar-refractivity contribution in [1.29, 1.82) is 0 Å². The number of aryl methyl sites for hydroxylation is 1. The van der Waals surface area contributed by atoms with Crippen LogP contribution < -0.4 is 4.74 Å². The number of likely N-dealkylation sites (N-methyl/N-ethyl adjacent to an activating group) is 1. The maximum atomic E-state index is 10.7. The van der Waals surface area contributed by atoms with Crippen LogP contribution in [0.1, 0.15) is 31.9 Å². The average Bonchev–Trinajstić information content (AvgIpc) is 3.17. The maximum absolute atomic E-state index is 10.7. The quantitative estimate of drug-likeness (QED) is 0.353. The van der Waals surface area contributed by atoms with Gasteiger partial charge in [0.05, 0.1) is 23.3 Å². The molecule has 0 unspecified atom stereocenters. The Morgan fingerprint density at radius 2 is 2.13 bits per heavy atom. The maximum Gasteiger partial charge on any atom is 0.269 e. The smallest absolute Gasteiger partial charge is 0.269 e. The summed E-state index contributed by atoms with van der Waals surface area (Å²) in [7, 11) is 2.06. The van der Waals surface area contributed by atoms with Crippen LogP contribution in [0.25, 0.3) is 0 Å². The van der Waals surface area contributed by atoms with Gasteiger partial charge < -0.3 is 19.5 Å². The van der Waals surface area contributed by atoms with Crippen molar-refractivity contribution in [2.75, 3.05) is 20.2 Å². The third kappa shape index (κ3) is 6.48. The van der Waals surface area contributed by atoms with E-state index in [0.29, 0.717) is 31.4 Å². The largest absolute Gasteiger partial charge is 0.494 e. The summed E-state index contributed by atoms with van der Waals surface area (Å²) in [6, 6.07) is 6.35. The summed E-state index contributed by atoms with van der Waals surface area (Å²) in [5.41, 5.74) is 0.976. The van der Waals surface area contributed by atoms with Crippen molar-refractivity contribution in [3.05, 3.63) is 46.3 Å². The number of aliphatic hydroxyl groups excluding tert-OH is 1. The molecule has 0 radical (unpaired) electrons. The van der Waals surface area contributed by atoms with Crippen LogP contribution in [-0.2, 0) is 17.7 Å². The number of rotatable bonds is 10. The number of nitrogens with zero attached hydrogens (tertiary/aromatic N) is 5. The number of hydrogen-bond donors (Lipinski definition) is 1.